The van der Waals surface area contributed by atoms with Gasteiger partial charge in [0.15, 0.2) is 5.78 Å². The maximum atomic E-state index is 14.8. The molecule has 1 aliphatic heterocycles. The van der Waals surface area contributed by atoms with Crippen molar-refractivity contribution < 1.29 is 14.3 Å². The van der Waals surface area contributed by atoms with Gasteiger partial charge in [-0.1, -0.05) is 134 Å². The lowest BCUT2D eigenvalue weighted by atomic mass is 9.62. The first-order valence-corrected chi connectivity index (χ1v) is 21.9. The van der Waals surface area contributed by atoms with Crippen LogP contribution in [0.15, 0.2) is 35.7 Å². The molecule has 4 rings (SSSR count). The third kappa shape index (κ3) is 7.71. The lowest BCUT2D eigenvalue weighted by Crippen LogP contribution is -2.55. The molecule has 0 saturated heterocycles. The van der Waals surface area contributed by atoms with Crippen molar-refractivity contribution in [3.8, 4) is 0 Å². The molecular formula is C43H71NO3Si. The van der Waals surface area contributed by atoms with E-state index >= 15 is 0 Å². The standard InChI is InChI=1S/C43H71NO3Si/c1-28(2)33-19-24-39(36(25-33)43(12,13)35-22-20-34(21-23-35)42(9,10)11)47-41(46)44-27-40(48(29(3)4,30(5)6)31(7)8)38(45)26-37(44)32-17-15-14-16-18-32/h20-23,27-33,36-37,39H,14-19,24-26H2,1-13H3/t33-,36-,37+,39-/m1/s1. The highest BCUT2D eigenvalue weighted by molar-refractivity contribution is 6.93. The van der Waals surface area contributed by atoms with Crippen LogP contribution in [-0.2, 0) is 20.4 Å². The number of rotatable bonds is 9. The molecule has 48 heavy (non-hydrogen) atoms. The Morgan fingerprint density at radius 1 is 0.792 bits per heavy atom. The highest BCUT2D eigenvalue weighted by atomic mass is 28.3. The van der Waals surface area contributed by atoms with Crippen LogP contribution in [0.4, 0.5) is 4.79 Å². The Hall–Kier alpha value is -1.88. The number of ether oxygens (including phenoxy) is 1. The molecule has 2 aliphatic carbocycles. The zero-order valence-corrected chi connectivity index (χ0v) is 34.1. The zero-order chi connectivity index (χ0) is 35.8. The molecule has 1 aromatic rings. The number of carbonyl (C=O) groups is 2. The first-order chi connectivity index (χ1) is 22.3. The summed E-state index contributed by atoms with van der Waals surface area (Å²) in [5.41, 5.74) is 3.80. The molecule has 4 nitrogen and oxygen atoms in total. The van der Waals surface area contributed by atoms with E-state index < -0.39 is 8.07 Å². The normalized spacial score (nSPS) is 25.3. The third-order valence-corrected chi connectivity index (χ3v) is 20.6. The second-order valence-electron chi connectivity index (χ2n) is 18.8. The molecular weight excluding hydrogens is 607 g/mol. The fraction of sp³-hybridized carbons (Fsp3) is 0.767. The topological polar surface area (TPSA) is 46.6 Å². The molecule has 0 radical (unpaired) electrons. The summed E-state index contributed by atoms with van der Waals surface area (Å²) in [6.07, 6.45) is 11.0. The van der Waals surface area contributed by atoms with Crippen molar-refractivity contribution in [1.29, 1.82) is 0 Å². The van der Waals surface area contributed by atoms with Crippen LogP contribution in [-0.4, -0.2) is 37.0 Å². The number of carbonyl (C=O) groups excluding carboxylic acids is 2. The van der Waals surface area contributed by atoms with E-state index in [0.29, 0.717) is 46.6 Å². The molecule has 2 fully saturated rings. The van der Waals surface area contributed by atoms with Gasteiger partial charge in [-0.05, 0) is 93.6 Å². The summed E-state index contributed by atoms with van der Waals surface area (Å²) in [5, 5.41) is 0.978. The van der Waals surface area contributed by atoms with Crippen molar-refractivity contribution in [1.82, 2.24) is 4.90 Å². The second-order valence-corrected chi connectivity index (χ2v) is 24.7. The van der Waals surface area contributed by atoms with Gasteiger partial charge in [-0.15, -0.1) is 0 Å². The summed E-state index contributed by atoms with van der Waals surface area (Å²) < 4.78 is 6.80. The molecule has 1 aromatic carbocycles. The minimum Gasteiger partial charge on any atom is -0.446 e. The van der Waals surface area contributed by atoms with Gasteiger partial charge in [-0.2, -0.15) is 0 Å². The smallest absolute Gasteiger partial charge is 0.414 e. The van der Waals surface area contributed by atoms with E-state index in [2.05, 4.69) is 120 Å². The van der Waals surface area contributed by atoms with Gasteiger partial charge in [0.25, 0.3) is 0 Å². The van der Waals surface area contributed by atoms with E-state index in [-0.39, 0.29) is 35.0 Å². The summed E-state index contributed by atoms with van der Waals surface area (Å²) in [7, 11) is -2.27. The van der Waals surface area contributed by atoms with Crippen LogP contribution in [0, 0.1) is 23.7 Å². The predicted octanol–water partition coefficient (Wildman–Crippen LogP) is 12.2. The Balaban J connectivity index is 1.74. The van der Waals surface area contributed by atoms with Crippen molar-refractivity contribution >= 4 is 20.0 Å². The summed E-state index contributed by atoms with van der Waals surface area (Å²) in [5.74, 6) is 2.07. The average Bonchev–Trinajstić information content (AvgIpc) is 3.01. The van der Waals surface area contributed by atoms with E-state index in [1.54, 1.807) is 0 Å². The van der Waals surface area contributed by atoms with Gasteiger partial charge in [-0.3, -0.25) is 9.69 Å². The van der Waals surface area contributed by atoms with Gasteiger partial charge in [0.05, 0.1) is 0 Å². The molecule has 5 heteroatoms. The Kier molecular flexibility index (Phi) is 12.3. The van der Waals surface area contributed by atoms with Crippen LogP contribution in [0.1, 0.15) is 159 Å². The fourth-order valence-corrected chi connectivity index (χ4v) is 17.4. The SMILES string of the molecule is CC(C)[C@@H]1CC[C@@H](OC(=O)N2C=C([Si](C(C)C)(C(C)C)C(C)C)C(=O)C[C@H]2C2CCCCC2)[C@H](C(C)(C)c2ccc(C(C)(C)C)cc2)C1. The molecule has 0 unspecified atom stereocenters. The van der Waals surface area contributed by atoms with Crippen LogP contribution in [0.2, 0.25) is 16.6 Å². The molecule has 2 saturated carbocycles. The number of Topliss-reactive ketones (excluding diaryl/α,β-unsaturated/α-hetero) is 1. The van der Waals surface area contributed by atoms with Gasteiger partial charge in [0.1, 0.15) is 14.2 Å². The van der Waals surface area contributed by atoms with Crippen LogP contribution in [0.25, 0.3) is 0 Å². The molecule has 0 aromatic heterocycles. The van der Waals surface area contributed by atoms with E-state index in [1.165, 1.54) is 30.4 Å². The summed E-state index contributed by atoms with van der Waals surface area (Å²) in [6, 6.07) is 9.12. The Labute approximate surface area is 296 Å². The first kappa shape index (κ1) is 38.9. The second kappa shape index (κ2) is 15.2. The van der Waals surface area contributed by atoms with Crippen LogP contribution in [0.3, 0.4) is 0 Å². The van der Waals surface area contributed by atoms with Gasteiger partial charge in [-0.25, -0.2) is 4.79 Å². The Morgan fingerprint density at radius 3 is 1.83 bits per heavy atom. The maximum absolute atomic E-state index is 14.8. The number of ketones is 1. The maximum Gasteiger partial charge on any atom is 0.414 e. The van der Waals surface area contributed by atoms with Crippen LogP contribution in [0.5, 0.6) is 0 Å². The molecule has 270 valence electrons. The molecule has 4 atom stereocenters. The van der Waals surface area contributed by atoms with Gasteiger partial charge < -0.3 is 4.74 Å². The lowest BCUT2D eigenvalue weighted by Gasteiger charge is -2.49. The number of allylic oxidation sites excluding steroid dienone is 1. The minimum atomic E-state index is -2.27. The molecule has 3 aliphatic rings. The van der Waals surface area contributed by atoms with E-state index in [0.717, 1.165) is 37.3 Å². The number of hydrogen-bond acceptors (Lipinski definition) is 3. The molecule has 0 N–H and O–H groups in total. The first-order valence-electron chi connectivity index (χ1n) is 19.7. The minimum absolute atomic E-state index is 0.101. The number of benzene rings is 1. The summed E-state index contributed by atoms with van der Waals surface area (Å²) in [4.78, 5) is 31.0. The van der Waals surface area contributed by atoms with Crippen molar-refractivity contribution in [3.05, 3.63) is 46.8 Å². The van der Waals surface area contributed by atoms with Crippen LogP contribution >= 0.6 is 0 Å². The van der Waals surface area contributed by atoms with Gasteiger partial charge >= 0.3 is 6.09 Å². The number of nitrogens with zero attached hydrogens (tertiary/aromatic N) is 1. The van der Waals surface area contributed by atoms with Crippen molar-refractivity contribution in [3.63, 3.8) is 0 Å². The fourth-order valence-electron chi connectivity index (χ4n) is 10.6. The van der Waals surface area contributed by atoms with Crippen molar-refractivity contribution in [2.45, 2.75) is 187 Å². The highest BCUT2D eigenvalue weighted by Crippen LogP contribution is 2.50. The van der Waals surface area contributed by atoms with E-state index in [9.17, 15) is 9.59 Å². The molecule has 1 amide bonds. The third-order valence-electron chi connectivity index (χ3n) is 13.5. The summed E-state index contributed by atoms with van der Waals surface area (Å²) >= 11 is 0. The Bertz CT molecular complexity index is 1260. The highest BCUT2D eigenvalue weighted by Gasteiger charge is 2.52. The number of amides is 1. The number of hydrogen-bond donors (Lipinski definition) is 0. The van der Waals surface area contributed by atoms with E-state index in [1.807, 2.05) is 4.90 Å². The van der Waals surface area contributed by atoms with Gasteiger partial charge in [0.2, 0.25) is 0 Å². The zero-order valence-electron chi connectivity index (χ0n) is 33.1. The quantitative estimate of drug-likeness (QED) is 0.244. The average molecular weight is 678 g/mol. The van der Waals surface area contributed by atoms with Crippen LogP contribution < -0.4 is 0 Å². The molecule has 0 spiro atoms. The monoisotopic (exact) mass is 678 g/mol. The lowest BCUT2D eigenvalue weighted by molar-refractivity contribution is -0.117. The summed E-state index contributed by atoms with van der Waals surface area (Å²) in [6.45, 7) is 30.1. The molecule has 1 heterocycles. The largest absolute Gasteiger partial charge is 0.446 e. The van der Waals surface area contributed by atoms with Gasteiger partial charge in [0, 0.05) is 24.6 Å². The molecule has 0 bridgehead atoms. The predicted molar refractivity (Wildman–Crippen MR) is 205 cm³/mol. The van der Waals surface area contributed by atoms with Crippen molar-refractivity contribution in [2.75, 3.05) is 0 Å². The van der Waals surface area contributed by atoms with Crippen molar-refractivity contribution in [2.24, 2.45) is 23.7 Å². The van der Waals surface area contributed by atoms with E-state index in [4.69, 9.17) is 4.74 Å². The Morgan fingerprint density at radius 2 is 1.33 bits per heavy atom.